The van der Waals surface area contributed by atoms with Crippen molar-refractivity contribution in [2.45, 2.75) is 52.8 Å². The Morgan fingerprint density at radius 3 is 1.62 bits per heavy atom. The van der Waals surface area contributed by atoms with Crippen LogP contribution in [0.1, 0.15) is 11.1 Å². The Balaban J connectivity index is 1.27. The van der Waals surface area contributed by atoms with Gasteiger partial charge >= 0.3 is 162 Å². The predicted molar refractivity (Wildman–Crippen MR) is 110 cm³/mol. The molecule has 12 rings (SSSR count). The summed E-state index contributed by atoms with van der Waals surface area (Å²) in [5.41, 5.74) is 1.68. The first-order valence-corrected chi connectivity index (χ1v) is 17.7. The van der Waals surface area contributed by atoms with E-state index in [2.05, 4.69) is 79.7 Å². The van der Waals surface area contributed by atoms with Crippen molar-refractivity contribution in [3.8, 4) is 0 Å². The van der Waals surface area contributed by atoms with E-state index in [1.54, 1.807) is 0 Å². The van der Waals surface area contributed by atoms with Crippen molar-refractivity contribution < 1.29 is 11.6 Å². The van der Waals surface area contributed by atoms with E-state index in [9.17, 15) is 5.11 Å². The van der Waals surface area contributed by atoms with Crippen LogP contribution in [0.3, 0.4) is 0 Å². The monoisotopic (exact) mass is 425 g/mol. The summed E-state index contributed by atoms with van der Waals surface area (Å²) in [6, 6.07) is 21.8. The molecule has 2 nitrogen and oxygen atoms in total. The molecule has 2 aromatic rings. The first-order chi connectivity index (χ1) is 13.8. The molecule has 1 spiro atoms. The molecule has 29 heavy (non-hydrogen) atoms. The molecule has 0 amide bonds. The normalized spacial score (nSPS) is 77.9. The van der Waals surface area contributed by atoms with Crippen LogP contribution in [0.5, 0.6) is 0 Å². The summed E-state index contributed by atoms with van der Waals surface area (Å²) in [6.07, 6.45) is 0. The third-order valence-corrected chi connectivity index (χ3v) is 62.0. The van der Waals surface area contributed by atoms with Crippen LogP contribution in [0.15, 0.2) is 60.7 Å². The van der Waals surface area contributed by atoms with Crippen LogP contribution in [0.25, 0.3) is 0 Å². The number of rotatable bonds is 5. The fourth-order valence-electron chi connectivity index (χ4n) is 20.9. The van der Waals surface area contributed by atoms with Crippen LogP contribution in [0.2, 0.25) is 47.2 Å². The zero-order valence-electron chi connectivity index (χ0n) is 16.8. The summed E-state index contributed by atoms with van der Waals surface area (Å²) in [5, 5.41) is 13.1. The van der Waals surface area contributed by atoms with E-state index in [0.717, 1.165) is 23.6 Å². The second-order valence-corrected chi connectivity index (χ2v) is 37.9. The molecule has 0 bridgehead atoms. The van der Waals surface area contributed by atoms with E-state index in [-0.39, 0.29) is 0 Å². The molecule has 10 heterocycles. The molecule has 8 unspecified atom stereocenters. The first-order valence-electron chi connectivity index (χ1n) is 11.5. The molecule has 1 N–H and O–H groups in total. The molecule has 0 aromatic heterocycles. The summed E-state index contributed by atoms with van der Waals surface area (Å²) in [6.45, 7) is -2.41. The number of benzene rings is 2. The van der Waals surface area contributed by atoms with Gasteiger partial charge in [-0.1, -0.05) is 0 Å². The number of hydrogen-bond donors (Lipinski definition) is 1. The molecule has 10 fully saturated rings. The van der Waals surface area contributed by atoms with E-state index < -0.39 is 12.1 Å². The van der Waals surface area contributed by atoms with Gasteiger partial charge in [0.15, 0.2) is 0 Å². The maximum atomic E-state index is 13.1. The van der Waals surface area contributed by atoms with Gasteiger partial charge in [0.05, 0.1) is 0 Å². The molecular weight excluding hydrogens is 398 g/mol. The third-order valence-electron chi connectivity index (χ3n) is 18.6. The fraction of sp³-hybridized carbons (Fsp3) is 0.538. The van der Waals surface area contributed by atoms with E-state index in [1.807, 2.05) is 0 Å². The van der Waals surface area contributed by atoms with Crippen molar-refractivity contribution in [3.05, 3.63) is 71.8 Å². The van der Waals surface area contributed by atoms with Crippen molar-refractivity contribution in [2.75, 3.05) is 20.6 Å². The zero-order valence-corrected chi connectivity index (χ0v) is 18.0. The van der Waals surface area contributed by atoms with Crippen molar-refractivity contribution in [2.24, 2.45) is 0 Å². The van der Waals surface area contributed by atoms with Crippen LogP contribution in [0, 0.1) is 0 Å². The van der Waals surface area contributed by atoms with Crippen LogP contribution >= 0.6 is 0 Å². The third kappa shape index (κ3) is 0.234. The number of aliphatic hydroxyl groups is 1. The van der Waals surface area contributed by atoms with Crippen LogP contribution in [0.4, 0.5) is 0 Å². The van der Waals surface area contributed by atoms with Gasteiger partial charge in [0.2, 0.25) is 0 Å². The van der Waals surface area contributed by atoms with Crippen LogP contribution in [-0.2, 0) is 12.1 Å². The zero-order chi connectivity index (χ0) is 18.9. The summed E-state index contributed by atoms with van der Waals surface area (Å²) < 4.78 is 1.09. The van der Waals surface area contributed by atoms with Gasteiger partial charge in [-0.25, -0.2) is 0 Å². The Bertz CT molecular complexity index is 1590. The standard InChI is InChI=1S/C18H15O.C8H12N.Fe/c19-18(17-13-7-8-14-17,15-9-3-1-4-10-15)16-11-5-2-6-12-16;1-9(2)7-8-5-3-4-6-8;/h1-14,19H;3-6H,7H2,1-2H3;. The average molecular weight is 425 g/mol. The SMILES string of the molecule is CN(C)C[C]12[CH]3[CH]4[CH]5[CH]1[Fe]45321678[CH]2[CH]1[CH]6[C]7(C(O)(c1ccccc1)c1ccccc1)[CH]28. The van der Waals surface area contributed by atoms with Gasteiger partial charge in [-0.15, -0.1) is 0 Å². The van der Waals surface area contributed by atoms with Gasteiger partial charge in [0.1, 0.15) is 0 Å². The topological polar surface area (TPSA) is 23.5 Å². The molecule has 3 heteroatoms. The van der Waals surface area contributed by atoms with Gasteiger partial charge < -0.3 is 0 Å². The summed E-state index contributed by atoms with van der Waals surface area (Å²) in [4.78, 5) is 11.6. The van der Waals surface area contributed by atoms with E-state index in [4.69, 9.17) is 0 Å². The number of fused-ring (bicyclic) bond motifs is 10. The Kier molecular flexibility index (Phi) is 0.738. The Labute approximate surface area is 161 Å². The van der Waals surface area contributed by atoms with Crippen molar-refractivity contribution in [1.29, 1.82) is 0 Å². The van der Waals surface area contributed by atoms with Crippen LogP contribution < -0.4 is 0 Å². The summed E-state index contributed by atoms with van der Waals surface area (Å²) >= 11 is 0. The van der Waals surface area contributed by atoms with E-state index >= 15 is 0 Å². The number of hydrogen-bond acceptors (Lipinski definition) is 2. The van der Waals surface area contributed by atoms with Gasteiger partial charge in [-0.05, 0) is 0 Å². The summed E-state index contributed by atoms with van der Waals surface area (Å²) in [7, 11) is 4.64. The second-order valence-electron chi connectivity index (χ2n) is 14.6. The molecule has 8 atom stereocenters. The molecular formula is C26H27FeNO. The molecule has 0 aliphatic carbocycles. The molecule has 150 valence electrons. The van der Waals surface area contributed by atoms with Crippen molar-refractivity contribution in [3.63, 3.8) is 0 Å². The second kappa shape index (κ2) is 1.61. The Morgan fingerprint density at radius 1 is 0.793 bits per heavy atom. The molecule has 10 aliphatic rings. The van der Waals surface area contributed by atoms with Gasteiger partial charge in [0, 0.05) is 0 Å². The van der Waals surface area contributed by atoms with Crippen molar-refractivity contribution in [1.82, 2.24) is 4.90 Å². The molecule has 10 saturated heterocycles. The van der Waals surface area contributed by atoms with Gasteiger partial charge in [-0.3, -0.25) is 0 Å². The van der Waals surface area contributed by atoms with Gasteiger partial charge in [-0.2, -0.15) is 0 Å². The average Bonchev–Trinajstić information content (AvgIpc) is 3.69. The Morgan fingerprint density at radius 2 is 1.24 bits per heavy atom. The molecule has 10 aliphatic heterocycles. The minimum absolute atomic E-state index is 0.333. The molecule has 0 saturated carbocycles. The van der Waals surface area contributed by atoms with E-state index in [1.165, 1.54) is 36.9 Å². The van der Waals surface area contributed by atoms with Gasteiger partial charge in [0.25, 0.3) is 0 Å². The molecule has 0 radical (unpaired) electrons. The first kappa shape index (κ1) is 13.3. The van der Waals surface area contributed by atoms with Crippen molar-refractivity contribution >= 4 is 0 Å². The molecule has 2 aromatic carbocycles. The predicted octanol–water partition coefficient (Wildman–Crippen LogP) is 5.61. The fourth-order valence-corrected chi connectivity index (χ4v) is 98.4. The number of nitrogens with zero attached hydrogens (tertiary/aromatic N) is 1. The maximum absolute atomic E-state index is 13.1. The van der Waals surface area contributed by atoms with E-state index in [0.29, 0.717) is 4.31 Å². The Hall–Kier alpha value is -1.12. The quantitative estimate of drug-likeness (QED) is 0.630. The summed E-state index contributed by atoms with van der Waals surface area (Å²) in [5.74, 6) is 0. The van der Waals surface area contributed by atoms with Crippen LogP contribution in [-0.4, -0.2) is 30.6 Å². The minimum atomic E-state index is -3.78.